The van der Waals surface area contributed by atoms with Gasteiger partial charge in [0.2, 0.25) is 0 Å². The van der Waals surface area contributed by atoms with Crippen molar-refractivity contribution >= 4 is 35.1 Å². The number of nitrogens with zero attached hydrogens (tertiary/aromatic N) is 1. The fraction of sp³-hybridized carbons (Fsp3) is 0.421. The molecule has 0 radical (unpaired) electrons. The Bertz CT molecular complexity index is 829. The number of methoxy groups -OCH3 is 1. The first-order valence-corrected chi connectivity index (χ1v) is 9.60. The van der Waals surface area contributed by atoms with E-state index in [0.717, 1.165) is 25.7 Å². The van der Waals surface area contributed by atoms with Crippen LogP contribution in [-0.2, 0) is 9.53 Å². The second kappa shape index (κ2) is 8.76. The maximum Gasteiger partial charge on any atom is 0.308 e. The Kier molecular flexibility index (Phi) is 6.39. The van der Waals surface area contributed by atoms with Crippen LogP contribution < -0.4 is 5.32 Å². The number of ether oxygens (including phenoxy) is 1. The lowest BCUT2D eigenvalue weighted by atomic mass is 9.82. The molecular weight excluding hydrogens is 389 g/mol. The minimum Gasteiger partial charge on any atom is -0.469 e. The molecule has 8 heteroatoms. The molecule has 1 fully saturated rings. The second-order valence-corrected chi connectivity index (χ2v) is 7.58. The van der Waals surface area contributed by atoms with Gasteiger partial charge in [-0.05, 0) is 49.8 Å². The van der Waals surface area contributed by atoms with Crippen molar-refractivity contribution in [1.29, 1.82) is 0 Å². The van der Waals surface area contributed by atoms with Crippen LogP contribution in [0.25, 0.3) is 11.3 Å². The molecule has 1 amide bonds. The van der Waals surface area contributed by atoms with Crippen LogP contribution in [0.15, 0.2) is 24.4 Å². The molecule has 3 rings (SSSR count). The molecule has 1 saturated carbocycles. The Morgan fingerprint density at radius 3 is 2.67 bits per heavy atom. The van der Waals surface area contributed by atoms with E-state index < -0.39 is 0 Å². The van der Waals surface area contributed by atoms with Crippen molar-refractivity contribution in [2.24, 2.45) is 11.8 Å². The van der Waals surface area contributed by atoms with Gasteiger partial charge in [-0.3, -0.25) is 14.7 Å². The molecule has 1 aromatic carbocycles. The second-order valence-electron chi connectivity index (χ2n) is 6.73. The van der Waals surface area contributed by atoms with Crippen LogP contribution in [0.3, 0.4) is 0 Å². The van der Waals surface area contributed by atoms with Gasteiger partial charge < -0.3 is 10.1 Å². The number of hydrogen-bond donors (Lipinski definition) is 2. The normalized spacial score (nSPS) is 19.5. The molecule has 144 valence electrons. The van der Waals surface area contributed by atoms with E-state index in [2.05, 4.69) is 15.5 Å². The zero-order valence-corrected chi connectivity index (χ0v) is 16.4. The van der Waals surface area contributed by atoms with Crippen molar-refractivity contribution < 1.29 is 14.3 Å². The van der Waals surface area contributed by atoms with Gasteiger partial charge >= 0.3 is 5.97 Å². The Hall–Kier alpha value is -2.05. The average Bonchev–Trinajstić information content (AvgIpc) is 3.15. The summed E-state index contributed by atoms with van der Waals surface area (Å²) in [6.45, 7) is 0.561. The van der Waals surface area contributed by atoms with Gasteiger partial charge in [0.05, 0.1) is 35.5 Å². The van der Waals surface area contributed by atoms with Gasteiger partial charge in [0, 0.05) is 17.1 Å². The van der Waals surface area contributed by atoms with Crippen molar-refractivity contribution in [2.45, 2.75) is 25.7 Å². The number of aromatic nitrogens is 2. The highest BCUT2D eigenvalue weighted by Crippen LogP contribution is 2.32. The number of aromatic amines is 1. The topological polar surface area (TPSA) is 84.1 Å². The van der Waals surface area contributed by atoms with Crippen molar-refractivity contribution in [3.05, 3.63) is 40.0 Å². The highest BCUT2D eigenvalue weighted by atomic mass is 35.5. The summed E-state index contributed by atoms with van der Waals surface area (Å²) in [6.07, 6.45) is 4.86. The molecule has 0 unspecified atom stereocenters. The fourth-order valence-electron chi connectivity index (χ4n) is 3.46. The number of carbonyl (C=O) groups is 2. The molecule has 1 aliphatic carbocycles. The van der Waals surface area contributed by atoms with Crippen LogP contribution in [-0.4, -0.2) is 35.7 Å². The molecule has 0 saturated heterocycles. The van der Waals surface area contributed by atoms with Gasteiger partial charge in [0.1, 0.15) is 0 Å². The molecule has 1 aliphatic rings. The van der Waals surface area contributed by atoms with Crippen LogP contribution in [0.4, 0.5) is 0 Å². The molecule has 0 spiro atoms. The Labute approximate surface area is 167 Å². The van der Waals surface area contributed by atoms with Crippen molar-refractivity contribution in [3.63, 3.8) is 0 Å². The molecule has 2 N–H and O–H groups in total. The number of esters is 1. The molecule has 6 nitrogen and oxygen atoms in total. The number of rotatable bonds is 5. The lowest BCUT2D eigenvalue weighted by Gasteiger charge is -2.26. The van der Waals surface area contributed by atoms with E-state index in [1.54, 1.807) is 18.2 Å². The third-order valence-corrected chi connectivity index (χ3v) is 5.56. The lowest BCUT2D eigenvalue weighted by Crippen LogP contribution is -2.32. The monoisotopic (exact) mass is 409 g/mol. The van der Waals surface area contributed by atoms with Crippen LogP contribution in [0.2, 0.25) is 10.0 Å². The zero-order chi connectivity index (χ0) is 19.4. The summed E-state index contributed by atoms with van der Waals surface area (Å²) in [5, 5.41) is 10.8. The summed E-state index contributed by atoms with van der Waals surface area (Å²) in [7, 11) is 1.42. The number of carbonyl (C=O) groups excluding carboxylic acids is 2. The summed E-state index contributed by atoms with van der Waals surface area (Å²) in [5.74, 6) is -0.0148. The van der Waals surface area contributed by atoms with E-state index >= 15 is 0 Å². The Morgan fingerprint density at radius 2 is 2.00 bits per heavy atom. The summed E-state index contributed by atoms with van der Waals surface area (Å²) in [6, 6.07) is 5.09. The summed E-state index contributed by atoms with van der Waals surface area (Å²) < 4.78 is 4.81. The van der Waals surface area contributed by atoms with E-state index in [9.17, 15) is 9.59 Å². The minimum absolute atomic E-state index is 0.0190. The van der Waals surface area contributed by atoms with Gasteiger partial charge in [-0.25, -0.2) is 0 Å². The van der Waals surface area contributed by atoms with Crippen molar-refractivity contribution in [1.82, 2.24) is 15.5 Å². The lowest BCUT2D eigenvalue weighted by molar-refractivity contribution is -0.146. The number of nitrogens with one attached hydrogen (secondary N) is 2. The molecule has 1 heterocycles. The molecule has 2 aromatic rings. The van der Waals surface area contributed by atoms with Crippen LogP contribution in [0, 0.1) is 11.8 Å². The molecule has 1 aromatic heterocycles. The average molecular weight is 410 g/mol. The third kappa shape index (κ3) is 4.62. The zero-order valence-electron chi connectivity index (χ0n) is 14.9. The predicted octanol–water partition coefficient (Wildman–Crippen LogP) is 4.09. The Balaban J connectivity index is 1.60. The molecule has 0 atom stereocenters. The molecule has 27 heavy (non-hydrogen) atoms. The van der Waals surface area contributed by atoms with Gasteiger partial charge in [0.25, 0.3) is 5.91 Å². The quantitative estimate of drug-likeness (QED) is 0.728. The summed E-state index contributed by atoms with van der Waals surface area (Å²) in [5.41, 5.74) is 1.66. The van der Waals surface area contributed by atoms with E-state index in [-0.39, 0.29) is 17.8 Å². The minimum atomic E-state index is -0.208. The van der Waals surface area contributed by atoms with Gasteiger partial charge in [-0.2, -0.15) is 5.10 Å². The van der Waals surface area contributed by atoms with E-state index in [4.69, 9.17) is 27.9 Å². The van der Waals surface area contributed by atoms with E-state index in [0.29, 0.717) is 39.3 Å². The number of amides is 1. The van der Waals surface area contributed by atoms with Gasteiger partial charge in [-0.1, -0.05) is 23.2 Å². The number of H-pyrrole nitrogens is 1. The van der Waals surface area contributed by atoms with Gasteiger partial charge in [0.15, 0.2) is 0 Å². The smallest absolute Gasteiger partial charge is 0.308 e. The van der Waals surface area contributed by atoms with Gasteiger partial charge in [-0.15, -0.1) is 0 Å². The molecular formula is C19H21Cl2N3O3. The maximum atomic E-state index is 12.6. The largest absolute Gasteiger partial charge is 0.469 e. The van der Waals surface area contributed by atoms with Crippen LogP contribution >= 0.6 is 23.2 Å². The molecule has 0 bridgehead atoms. The first kappa shape index (κ1) is 19.7. The first-order chi connectivity index (χ1) is 13.0. The highest BCUT2D eigenvalue weighted by Gasteiger charge is 2.27. The summed E-state index contributed by atoms with van der Waals surface area (Å²) >= 11 is 12.2. The number of hydrogen-bond acceptors (Lipinski definition) is 4. The third-order valence-electron chi connectivity index (χ3n) is 5.02. The standard InChI is InChI=1S/C19H21Cl2N3O3/c1-27-19(26)12-4-2-11(3-5-12)9-22-18(25)15-10-23-24-17(15)14-7-6-13(20)8-16(14)21/h6-8,10-12H,2-5,9H2,1H3,(H,22,25)(H,23,24). The van der Waals surface area contributed by atoms with Crippen LogP contribution in [0.1, 0.15) is 36.0 Å². The van der Waals surface area contributed by atoms with E-state index in [1.165, 1.54) is 13.3 Å². The van der Waals surface area contributed by atoms with E-state index in [1.807, 2.05) is 0 Å². The first-order valence-electron chi connectivity index (χ1n) is 8.84. The number of halogens is 2. The van der Waals surface area contributed by atoms with Crippen molar-refractivity contribution in [3.8, 4) is 11.3 Å². The fourth-order valence-corrected chi connectivity index (χ4v) is 3.96. The van der Waals surface area contributed by atoms with Crippen molar-refractivity contribution in [2.75, 3.05) is 13.7 Å². The molecule has 0 aliphatic heterocycles. The summed E-state index contributed by atoms with van der Waals surface area (Å²) in [4.78, 5) is 24.2. The SMILES string of the molecule is COC(=O)C1CCC(CNC(=O)c2cn[nH]c2-c2ccc(Cl)cc2Cl)CC1. The maximum absolute atomic E-state index is 12.6. The Morgan fingerprint density at radius 1 is 1.26 bits per heavy atom. The number of benzene rings is 1. The predicted molar refractivity (Wildman–Crippen MR) is 104 cm³/mol. The van der Waals surface area contributed by atoms with Crippen LogP contribution in [0.5, 0.6) is 0 Å². The highest BCUT2D eigenvalue weighted by molar-refractivity contribution is 6.36.